The molecule has 0 spiro atoms. The molecular formula is C13H14ClN5OS. The smallest absolute Gasteiger partial charge is 0.234 e. The summed E-state index contributed by atoms with van der Waals surface area (Å²) in [5.74, 6) is 0.296. The third-order valence-corrected chi connectivity index (χ3v) is 3.83. The van der Waals surface area contributed by atoms with E-state index in [-0.39, 0.29) is 11.7 Å². The largest absolute Gasteiger partial charge is 0.368 e. The first-order valence-electron chi connectivity index (χ1n) is 6.08. The highest BCUT2D eigenvalue weighted by molar-refractivity contribution is 7.99. The van der Waals surface area contributed by atoms with Crippen LogP contribution in [0.1, 0.15) is 0 Å². The SMILES string of the molecule is C=CCn1c(N)nnc1SCC(=O)Nc1ccccc1Cl. The van der Waals surface area contributed by atoms with Crippen LogP contribution in [0.4, 0.5) is 11.6 Å². The van der Waals surface area contributed by atoms with Crippen LogP contribution in [-0.2, 0) is 11.3 Å². The lowest BCUT2D eigenvalue weighted by atomic mass is 10.3. The average molecular weight is 324 g/mol. The number of carbonyl (C=O) groups is 1. The molecule has 0 fully saturated rings. The van der Waals surface area contributed by atoms with Crippen LogP contribution in [0.2, 0.25) is 5.02 Å². The van der Waals surface area contributed by atoms with Crippen molar-refractivity contribution in [3.05, 3.63) is 41.9 Å². The predicted molar refractivity (Wildman–Crippen MR) is 85.4 cm³/mol. The zero-order chi connectivity index (χ0) is 15.2. The first-order valence-corrected chi connectivity index (χ1v) is 7.45. The summed E-state index contributed by atoms with van der Waals surface area (Å²) in [5, 5.41) is 11.5. The van der Waals surface area contributed by atoms with Gasteiger partial charge in [0.15, 0.2) is 5.16 Å². The quantitative estimate of drug-likeness (QED) is 0.630. The van der Waals surface area contributed by atoms with E-state index in [4.69, 9.17) is 17.3 Å². The van der Waals surface area contributed by atoms with E-state index in [1.165, 1.54) is 11.8 Å². The minimum atomic E-state index is -0.181. The maximum atomic E-state index is 11.9. The number of nitrogens with two attached hydrogens (primary N) is 1. The fraction of sp³-hybridized carbons (Fsp3) is 0.154. The summed E-state index contributed by atoms with van der Waals surface area (Å²) in [4.78, 5) is 11.9. The highest BCUT2D eigenvalue weighted by Gasteiger charge is 2.12. The minimum Gasteiger partial charge on any atom is -0.368 e. The molecule has 0 saturated carbocycles. The molecule has 3 N–H and O–H groups in total. The Morgan fingerprint density at radius 3 is 2.95 bits per heavy atom. The lowest BCUT2D eigenvalue weighted by molar-refractivity contribution is -0.113. The standard InChI is InChI=1S/C13H14ClN5OS/c1-2-7-19-12(15)17-18-13(19)21-8-11(20)16-10-6-4-3-5-9(10)14/h2-6H,1,7-8H2,(H2,15,17)(H,16,20). The van der Waals surface area contributed by atoms with Crippen LogP contribution < -0.4 is 11.1 Å². The molecule has 1 heterocycles. The predicted octanol–water partition coefficient (Wildman–Crippen LogP) is 2.43. The zero-order valence-electron chi connectivity index (χ0n) is 11.1. The fourth-order valence-electron chi connectivity index (χ4n) is 1.59. The van der Waals surface area contributed by atoms with Gasteiger partial charge in [-0.15, -0.1) is 16.8 Å². The Balaban J connectivity index is 1.96. The number of nitrogens with zero attached hydrogens (tertiary/aromatic N) is 3. The summed E-state index contributed by atoms with van der Waals surface area (Å²) >= 11 is 7.23. The summed E-state index contributed by atoms with van der Waals surface area (Å²) in [6.45, 7) is 4.14. The van der Waals surface area contributed by atoms with Gasteiger partial charge in [-0.05, 0) is 12.1 Å². The van der Waals surface area contributed by atoms with Crippen molar-refractivity contribution in [3.63, 3.8) is 0 Å². The Morgan fingerprint density at radius 2 is 2.24 bits per heavy atom. The molecule has 110 valence electrons. The molecule has 2 aromatic rings. The summed E-state index contributed by atoms with van der Waals surface area (Å²) < 4.78 is 1.68. The van der Waals surface area contributed by atoms with Crippen molar-refractivity contribution in [3.8, 4) is 0 Å². The number of aromatic nitrogens is 3. The van der Waals surface area contributed by atoms with Crippen LogP contribution in [0.3, 0.4) is 0 Å². The summed E-state index contributed by atoms with van der Waals surface area (Å²) in [6, 6.07) is 7.05. The Bertz CT molecular complexity index is 658. The van der Waals surface area contributed by atoms with E-state index in [9.17, 15) is 4.79 Å². The second-order valence-electron chi connectivity index (χ2n) is 4.06. The highest BCUT2D eigenvalue weighted by atomic mass is 35.5. The normalized spacial score (nSPS) is 10.3. The van der Waals surface area contributed by atoms with Crippen LogP contribution in [0, 0.1) is 0 Å². The Kier molecular flexibility index (Phi) is 5.24. The van der Waals surface area contributed by atoms with Crippen LogP contribution >= 0.6 is 23.4 Å². The van der Waals surface area contributed by atoms with E-state index in [0.29, 0.717) is 28.4 Å². The number of para-hydroxylation sites is 1. The van der Waals surface area contributed by atoms with Gasteiger partial charge in [0.25, 0.3) is 0 Å². The summed E-state index contributed by atoms with van der Waals surface area (Å²) in [5.41, 5.74) is 6.27. The number of carbonyl (C=O) groups excluding carboxylic acids is 1. The molecule has 1 aromatic heterocycles. The third kappa shape index (κ3) is 3.99. The number of hydrogen-bond acceptors (Lipinski definition) is 5. The van der Waals surface area contributed by atoms with E-state index in [2.05, 4.69) is 22.1 Å². The van der Waals surface area contributed by atoms with Gasteiger partial charge in [-0.1, -0.05) is 41.6 Å². The molecule has 2 rings (SSSR count). The number of hydrogen-bond donors (Lipinski definition) is 2. The Hall–Kier alpha value is -1.99. The van der Waals surface area contributed by atoms with Gasteiger partial charge in [-0.25, -0.2) is 0 Å². The van der Waals surface area contributed by atoms with Crippen LogP contribution in [-0.4, -0.2) is 26.4 Å². The maximum Gasteiger partial charge on any atom is 0.234 e. The molecule has 1 amide bonds. The first-order chi connectivity index (χ1) is 10.1. The molecule has 6 nitrogen and oxygen atoms in total. The fourth-order valence-corrected chi connectivity index (χ4v) is 2.52. The molecule has 0 unspecified atom stereocenters. The molecule has 1 aromatic carbocycles. The van der Waals surface area contributed by atoms with E-state index >= 15 is 0 Å². The highest BCUT2D eigenvalue weighted by Crippen LogP contribution is 2.22. The number of anilines is 2. The second-order valence-corrected chi connectivity index (χ2v) is 5.41. The molecular weight excluding hydrogens is 310 g/mol. The van der Waals surface area contributed by atoms with Gasteiger partial charge < -0.3 is 11.1 Å². The molecule has 21 heavy (non-hydrogen) atoms. The monoisotopic (exact) mass is 323 g/mol. The van der Waals surface area contributed by atoms with E-state index < -0.39 is 0 Å². The van der Waals surface area contributed by atoms with Gasteiger partial charge in [0.1, 0.15) is 0 Å². The second kappa shape index (κ2) is 7.14. The number of thioether (sulfide) groups is 1. The lowest BCUT2D eigenvalue weighted by Gasteiger charge is -2.07. The van der Waals surface area contributed by atoms with Crippen LogP contribution in [0.25, 0.3) is 0 Å². The first kappa shape index (κ1) is 15.4. The molecule has 0 aliphatic heterocycles. The van der Waals surface area contributed by atoms with Gasteiger partial charge in [0, 0.05) is 6.54 Å². The number of amides is 1. The van der Waals surface area contributed by atoms with Gasteiger partial charge in [0.2, 0.25) is 11.9 Å². The van der Waals surface area contributed by atoms with Crippen LogP contribution in [0.15, 0.2) is 42.1 Å². The van der Waals surface area contributed by atoms with Gasteiger partial charge in [0.05, 0.1) is 16.5 Å². The number of allylic oxidation sites excluding steroid dienone is 1. The van der Waals surface area contributed by atoms with Crippen molar-refractivity contribution < 1.29 is 4.79 Å². The average Bonchev–Trinajstić information content (AvgIpc) is 2.81. The van der Waals surface area contributed by atoms with Gasteiger partial charge in [-0.3, -0.25) is 9.36 Å². The molecule has 0 aliphatic rings. The zero-order valence-corrected chi connectivity index (χ0v) is 12.7. The van der Waals surface area contributed by atoms with Crippen molar-refractivity contribution in [1.29, 1.82) is 0 Å². The van der Waals surface area contributed by atoms with Crippen molar-refractivity contribution in [2.24, 2.45) is 0 Å². The maximum absolute atomic E-state index is 11.9. The summed E-state index contributed by atoms with van der Waals surface area (Å²) in [6.07, 6.45) is 1.69. The topological polar surface area (TPSA) is 85.8 Å². The number of rotatable bonds is 6. The molecule has 0 saturated heterocycles. The van der Waals surface area contributed by atoms with E-state index in [0.717, 1.165) is 0 Å². The van der Waals surface area contributed by atoms with E-state index in [1.807, 2.05) is 0 Å². The van der Waals surface area contributed by atoms with Crippen molar-refractivity contribution >= 4 is 40.9 Å². The number of benzene rings is 1. The number of halogens is 1. The van der Waals surface area contributed by atoms with Crippen molar-refractivity contribution in [2.75, 3.05) is 16.8 Å². The van der Waals surface area contributed by atoms with Crippen molar-refractivity contribution in [1.82, 2.24) is 14.8 Å². The molecule has 0 aliphatic carbocycles. The summed E-state index contributed by atoms with van der Waals surface area (Å²) in [7, 11) is 0. The molecule has 0 atom stereocenters. The van der Waals surface area contributed by atoms with E-state index in [1.54, 1.807) is 34.9 Å². The lowest BCUT2D eigenvalue weighted by Crippen LogP contribution is -2.15. The minimum absolute atomic E-state index is 0.181. The number of nitrogens with one attached hydrogen (secondary N) is 1. The van der Waals surface area contributed by atoms with Crippen LogP contribution in [0.5, 0.6) is 0 Å². The molecule has 0 bridgehead atoms. The van der Waals surface area contributed by atoms with Crippen molar-refractivity contribution in [2.45, 2.75) is 11.7 Å². The Labute approximate surface area is 131 Å². The Morgan fingerprint density at radius 1 is 1.48 bits per heavy atom. The van der Waals surface area contributed by atoms with Gasteiger partial charge >= 0.3 is 0 Å². The molecule has 8 heteroatoms. The van der Waals surface area contributed by atoms with Gasteiger partial charge in [-0.2, -0.15) is 0 Å². The number of nitrogen functional groups attached to an aromatic ring is 1. The molecule has 0 radical (unpaired) electrons. The third-order valence-electron chi connectivity index (χ3n) is 2.54.